The lowest BCUT2D eigenvalue weighted by molar-refractivity contribution is 0.186. The minimum atomic E-state index is 0.0605. The SMILES string of the molecule is Cc1nc2sc([C@@H](c3ccc(C(C)C)cc3)N3CCCCC3)c(O)n2n1. The van der Waals surface area contributed by atoms with Gasteiger partial charge < -0.3 is 5.11 Å². The van der Waals surface area contributed by atoms with Crippen molar-refractivity contribution in [3.8, 4) is 5.88 Å². The summed E-state index contributed by atoms with van der Waals surface area (Å²) in [5, 5.41) is 15.2. The Morgan fingerprint density at radius 3 is 2.31 bits per heavy atom. The number of aryl methyl sites for hydroxylation is 1. The number of thiazole rings is 1. The Balaban J connectivity index is 1.78. The second-order valence-corrected chi connectivity index (χ2v) is 8.47. The van der Waals surface area contributed by atoms with Crippen molar-refractivity contribution in [3.05, 3.63) is 46.1 Å². The van der Waals surface area contributed by atoms with Crippen LogP contribution in [0.1, 0.15) is 66.9 Å². The fourth-order valence-corrected chi connectivity index (χ4v) is 4.96. The monoisotopic (exact) mass is 370 g/mol. The van der Waals surface area contributed by atoms with E-state index in [1.807, 2.05) is 6.92 Å². The van der Waals surface area contributed by atoms with Crippen LogP contribution in [0.15, 0.2) is 24.3 Å². The summed E-state index contributed by atoms with van der Waals surface area (Å²) >= 11 is 1.55. The second-order valence-electron chi connectivity index (χ2n) is 7.46. The fourth-order valence-electron chi connectivity index (χ4n) is 3.79. The van der Waals surface area contributed by atoms with E-state index in [1.165, 1.54) is 30.4 Å². The molecule has 0 amide bonds. The van der Waals surface area contributed by atoms with Crippen molar-refractivity contribution in [2.75, 3.05) is 13.1 Å². The van der Waals surface area contributed by atoms with Crippen LogP contribution in [-0.4, -0.2) is 37.7 Å². The van der Waals surface area contributed by atoms with Crippen LogP contribution in [0.25, 0.3) is 4.96 Å². The number of aromatic nitrogens is 3. The zero-order chi connectivity index (χ0) is 18.3. The predicted molar refractivity (Wildman–Crippen MR) is 105 cm³/mol. The molecule has 0 aliphatic carbocycles. The van der Waals surface area contributed by atoms with Crippen LogP contribution < -0.4 is 0 Å². The van der Waals surface area contributed by atoms with Crippen molar-refractivity contribution in [3.63, 3.8) is 0 Å². The highest BCUT2D eigenvalue weighted by Crippen LogP contribution is 2.41. The molecule has 26 heavy (non-hydrogen) atoms. The van der Waals surface area contributed by atoms with Crippen LogP contribution in [0.4, 0.5) is 0 Å². The first-order valence-corrected chi connectivity index (χ1v) is 10.2. The van der Waals surface area contributed by atoms with Crippen molar-refractivity contribution >= 4 is 16.3 Å². The van der Waals surface area contributed by atoms with Crippen LogP contribution in [0.5, 0.6) is 5.88 Å². The van der Waals surface area contributed by atoms with E-state index in [0.717, 1.165) is 22.9 Å². The summed E-state index contributed by atoms with van der Waals surface area (Å²) in [6.45, 7) is 8.40. The quantitative estimate of drug-likeness (QED) is 0.734. The van der Waals surface area contributed by atoms with Crippen LogP contribution >= 0.6 is 11.3 Å². The number of fused-ring (bicyclic) bond motifs is 1. The maximum atomic E-state index is 10.9. The molecule has 0 spiro atoms. The molecule has 1 fully saturated rings. The van der Waals surface area contributed by atoms with Gasteiger partial charge in [-0.25, -0.2) is 4.98 Å². The summed E-state index contributed by atoms with van der Waals surface area (Å²) in [6.07, 6.45) is 3.71. The molecular weight excluding hydrogens is 344 g/mol. The molecule has 1 aromatic carbocycles. The molecule has 0 radical (unpaired) electrons. The Labute approximate surface area is 158 Å². The van der Waals surface area contributed by atoms with Gasteiger partial charge in [0, 0.05) is 0 Å². The van der Waals surface area contributed by atoms with Crippen LogP contribution in [0.2, 0.25) is 0 Å². The fraction of sp³-hybridized carbons (Fsp3) is 0.500. The highest BCUT2D eigenvalue weighted by Gasteiger charge is 2.30. The third-order valence-electron chi connectivity index (χ3n) is 5.23. The molecule has 1 N–H and O–H groups in total. The average Bonchev–Trinajstić information content (AvgIpc) is 3.14. The van der Waals surface area contributed by atoms with Gasteiger partial charge in [0.2, 0.25) is 10.8 Å². The van der Waals surface area contributed by atoms with Crippen LogP contribution in [-0.2, 0) is 0 Å². The molecule has 1 aliphatic rings. The van der Waals surface area contributed by atoms with Gasteiger partial charge in [-0.1, -0.05) is 55.9 Å². The van der Waals surface area contributed by atoms with Gasteiger partial charge in [0.1, 0.15) is 5.82 Å². The summed E-state index contributed by atoms with van der Waals surface area (Å²) in [6, 6.07) is 8.93. The smallest absolute Gasteiger partial charge is 0.230 e. The first-order valence-electron chi connectivity index (χ1n) is 9.43. The van der Waals surface area contributed by atoms with E-state index in [0.29, 0.717) is 11.7 Å². The number of rotatable bonds is 4. The molecule has 3 aromatic rings. The number of benzene rings is 1. The third kappa shape index (κ3) is 3.12. The number of aromatic hydroxyl groups is 1. The molecule has 1 atom stereocenters. The van der Waals surface area contributed by atoms with Crippen LogP contribution in [0.3, 0.4) is 0 Å². The van der Waals surface area contributed by atoms with E-state index >= 15 is 0 Å². The maximum absolute atomic E-state index is 10.9. The highest BCUT2D eigenvalue weighted by molar-refractivity contribution is 7.17. The molecular formula is C20H26N4OS. The molecule has 6 heteroatoms. The van der Waals surface area contributed by atoms with Gasteiger partial charge in [-0.15, -0.1) is 5.10 Å². The van der Waals surface area contributed by atoms with Crippen LogP contribution in [0, 0.1) is 6.92 Å². The number of piperidine rings is 1. The van der Waals surface area contributed by atoms with E-state index in [2.05, 4.69) is 53.1 Å². The van der Waals surface area contributed by atoms with Crippen molar-refractivity contribution in [2.24, 2.45) is 0 Å². The zero-order valence-electron chi connectivity index (χ0n) is 15.6. The lowest BCUT2D eigenvalue weighted by atomic mass is 9.96. The Morgan fingerprint density at radius 2 is 1.69 bits per heavy atom. The Morgan fingerprint density at radius 1 is 1.04 bits per heavy atom. The summed E-state index contributed by atoms with van der Waals surface area (Å²) in [4.78, 5) is 8.64. The number of hydrogen-bond donors (Lipinski definition) is 1. The molecule has 0 unspecified atom stereocenters. The lowest BCUT2D eigenvalue weighted by Gasteiger charge is -2.34. The van der Waals surface area contributed by atoms with Gasteiger partial charge in [-0.2, -0.15) is 4.52 Å². The molecule has 5 nitrogen and oxygen atoms in total. The van der Waals surface area contributed by atoms with Gasteiger partial charge in [0.15, 0.2) is 0 Å². The Kier molecular flexibility index (Phi) is 4.71. The minimum Gasteiger partial charge on any atom is -0.492 e. The average molecular weight is 371 g/mol. The van der Waals surface area contributed by atoms with E-state index in [4.69, 9.17) is 0 Å². The lowest BCUT2D eigenvalue weighted by Crippen LogP contribution is -2.34. The van der Waals surface area contributed by atoms with E-state index in [-0.39, 0.29) is 11.9 Å². The molecule has 2 aromatic heterocycles. The van der Waals surface area contributed by atoms with E-state index in [1.54, 1.807) is 15.9 Å². The second kappa shape index (κ2) is 7.00. The highest BCUT2D eigenvalue weighted by atomic mass is 32.1. The Bertz CT molecular complexity index is 891. The third-order valence-corrected chi connectivity index (χ3v) is 6.30. The number of likely N-dealkylation sites (tertiary alicyclic amines) is 1. The van der Waals surface area contributed by atoms with E-state index < -0.39 is 0 Å². The van der Waals surface area contributed by atoms with Crippen molar-refractivity contribution in [1.29, 1.82) is 0 Å². The minimum absolute atomic E-state index is 0.0605. The largest absolute Gasteiger partial charge is 0.492 e. The normalized spacial score (nSPS) is 17.2. The predicted octanol–water partition coefficient (Wildman–Crippen LogP) is 4.50. The first-order chi connectivity index (χ1) is 12.5. The summed E-state index contributed by atoms with van der Waals surface area (Å²) in [5.74, 6) is 1.44. The maximum Gasteiger partial charge on any atom is 0.230 e. The molecule has 0 bridgehead atoms. The Hall–Kier alpha value is -1.92. The van der Waals surface area contributed by atoms with Crippen molar-refractivity contribution < 1.29 is 5.11 Å². The topological polar surface area (TPSA) is 53.7 Å². The number of hydrogen-bond acceptors (Lipinski definition) is 5. The standard InChI is InChI=1S/C20H26N4OS/c1-13(2)15-7-9-16(10-8-15)17(23-11-5-4-6-12-23)18-19(25)24-20(26-18)21-14(3)22-24/h7-10,13,17,25H,4-6,11-12H2,1-3H3/t17-/m1/s1. The summed E-state index contributed by atoms with van der Waals surface area (Å²) in [5.41, 5.74) is 2.57. The molecule has 4 rings (SSSR count). The van der Waals surface area contributed by atoms with Crippen molar-refractivity contribution in [1.82, 2.24) is 19.5 Å². The molecule has 0 saturated carbocycles. The van der Waals surface area contributed by atoms with Gasteiger partial charge >= 0.3 is 0 Å². The van der Waals surface area contributed by atoms with Gasteiger partial charge in [-0.05, 0) is 49.9 Å². The number of nitrogens with zero attached hydrogens (tertiary/aromatic N) is 4. The first kappa shape index (κ1) is 17.5. The van der Waals surface area contributed by atoms with Crippen molar-refractivity contribution in [2.45, 2.75) is 52.0 Å². The van der Waals surface area contributed by atoms with Gasteiger partial charge in [0.25, 0.3) is 0 Å². The van der Waals surface area contributed by atoms with E-state index in [9.17, 15) is 5.11 Å². The molecule has 1 saturated heterocycles. The molecule has 1 aliphatic heterocycles. The van der Waals surface area contributed by atoms with Gasteiger partial charge in [0.05, 0.1) is 10.9 Å². The zero-order valence-corrected chi connectivity index (χ0v) is 16.5. The molecule has 138 valence electrons. The summed E-state index contributed by atoms with van der Waals surface area (Å²) in [7, 11) is 0. The van der Waals surface area contributed by atoms with Gasteiger partial charge in [-0.3, -0.25) is 4.90 Å². The molecule has 3 heterocycles. The summed E-state index contributed by atoms with van der Waals surface area (Å²) < 4.78 is 1.58.